The zero-order chi connectivity index (χ0) is 21.6. The van der Waals surface area contributed by atoms with Crippen molar-refractivity contribution in [2.24, 2.45) is 0 Å². The summed E-state index contributed by atoms with van der Waals surface area (Å²) in [7, 11) is 0. The normalized spacial score (nSPS) is 10.0. The Hall–Kier alpha value is -3.24. The van der Waals surface area contributed by atoms with Crippen LogP contribution in [0.25, 0.3) is 0 Å². The quantitative estimate of drug-likeness (QED) is 0.374. The third-order valence-electron chi connectivity index (χ3n) is 3.51. The topological polar surface area (TPSA) is 123 Å². The maximum Gasteiger partial charge on any atom is 0.288 e. The Morgan fingerprint density at radius 2 is 1.79 bits per heavy atom. The Labute approximate surface area is 176 Å². The summed E-state index contributed by atoms with van der Waals surface area (Å²) in [5, 5.41) is 12.9. The first-order valence-electron chi connectivity index (χ1n) is 8.21. The van der Waals surface area contributed by atoms with Crippen LogP contribution >= 0.6 is 23.8 Å². The van der Waals surface area contributed by atoms with Gasteiger partial charge in [0.15, 0.2) is 11.7 Å². The molecule has 0 saturated heterocycles. The molecule has 0 atom stereocenters. The molecular formula is C18H17ClN4O5S. The van der Waals surface area contributed by atoms with E-state index >= 15 is 0 Å². The number of thiocarbonyl (C=S) groups is 1. The van der Waals surface area contributed by atoms with Crippen LogP contribution in [0.3, 0.4) is 0 Å². The van der Waals surface area contributed by atoms with E-state index in [9.17, 15) is 19.7 Å². The molecule has 9 nitrogen and oxygen atoms in total. The van der Waals surface area contributed by atoms with Crippen molar-refractivity contribution in [1.82, 2.24) is 16.2 Å². The highest BCUT2D eigenvalue weighted by Gasteiger charge is 2.17. The van der Waals surface area contributed by atoms with Crippen molar-refractivity contribution in [2.45, 2.75) is 13.8 Å². The van der Waals surface area contributed by atoms with Gasteiger partial charge in [0.1, 0.15) is 10.8 Å². The summed E-state index contributed by atoms with van der Waals surface area (Å²) in [6, 6.07) is 9.13. The summed E-state index contributed by atoms with van der Waals surface area (Å²) in [4.78, 5) is 34.1. The van der Waals surface area contributed by atoms with Gasteiger partial charge in [0.05, 0.1) is 4.92 Å². The first-order valence-corrected chi connectivity index (χ1v) is 8.99. The van der Waals surface area contributed by atoms with Gasteiger partial charge in [0, 0.05) is 11.6 Å². The fourth-order valence-electron chi connectivity index (χ4n) is 2.33. The van der Waals surface area contributed by atoms with Crippen molar-refractivity contribution >= 4 is 46.4 Å². The molecule has 29 heavy (non-hydrogen) atoms. The summed E-state index contributed by atoms with van der Waals surface area (Å²) in [5.74, 6) is -0.677. The third kappa shape index (κ3) is 6.70. The van der Waals surface area contributed by atoms with E-state index in [1.807, 2.05) is 19.9 Å². The van der Waals surface area contributed by atoms with Gasteiger partial charge in [-0.1, -0.05) is 17.7 Å². The van der Waals surface area contributed by atoms with Crippen LogP contribution in [0.4, 0.5) is 5.69 Å². The number of amides is 2. The molecule has 152 valence electrons. The molecule has 2 aromatic rings. The van der Waals surface area contributed by atoms with Gasteiger partial charge in [0.2, 0.25) is 0 Å². The number of rotatable bonds is 5. The molecule has 0 aliphatic rings. The number of benzene rings is 2. The van der Waals surface area contributed by atoms with E-state index in [1.165, 1.54) is 12.1 Å². The van der Waals surface area contributed by atoms with Crippen LogP contribution in [-0.4, -0.2) is 28.5 Å². The number of ether oxygens (including phenoxy) is 1. The average molecular weight is 437 g/mol. The highest BCUT2D eigenvalue weighted by Crippen LogP contribution is 2.25. The van der Waals surface area contributed by atoms with E-state index in [2.05, 4.69) is 16.2 Å². The smallest absolute Gasteiger partial charge is 0.288 e. The fourth-order valence-corrected chi connectivity index (χ4v) is 2.66. The highest BCUT2D eigenvalue weighted by molar-refractivity contribution is 7.80. The molecule has 0 aromatic heterocycles. The van der Waals surface area contributed by atoms with E-state index in [1.54, 1.807) is 12.1 Å². The Bertz CT molecular complexity index is 962. The van der Waals surface area contributed by atoms with Crippen molar-refractivity contribution in [3.05, 3.63) is 68.2 Å². The van der Waals surface area contributed by atoms with Gasteiger partial charge in [-0.15, -0.1) is 0 Å². The first kappa shape index (κ1) is 22.1. The molecule has 11 heteroatoms. The monoisotopic (exact) mass is 436 g/mol. The number of nitro groups is 1. The lowest BCUT2D eigenvalue weighted by Gasteiger charge is -2.12. The van der Waals surface area contributed by atoms with Crippen molar-refractivity contribution in [1.29, 1.82) is 0 Å². The van der Waals surface area contributed by atoms with E-state index in [0.717, 1.165) is 17.2 Å². The van der Waals surface area contributed by atoms with E-state index < -0.39 is 22.4 Å². The summed E-state index contributed by atoms with van der Waals surface area (Å²) in [5.41, 5.74) is 6.21. The van der Waals surface area contributed by atoms with Crippen LogP contribution in [0.5, 0.6) is 5.75 Å². The maximum absolute atomic E-state index is 12.1. The zero-order valence-corrected chi connectivity index (χ0v) is 17.0. The van der Waals surface area contributed by atoms with E-state index in [-0.39, 0.29) is 22.3 Å². The summed E-state index contributed by atoms with van der Waals surface area (Å²) >= 11 is 10.6. The van der Waals surface area contributed by atoms with Crippen LogP contribution in [0.15, 0.2) is 36.4 Å². The minimum Gasteiger partial charge on any atom is -0.484 e. The van der Waals surface area contributed by atoms with Crippen molar-refractivity contribution in [3.63, 3.8) is 0 Å². The number of nitro benzene ring substituents is 1. The number of carbonyl (C=O) groups excluding carboxylic acids is 2. The lowest BCUT2D eigenvalue weighted by Crippen LogP contribution is -2.49. The number of carbonyl (C=O) groups is 2. The molecule has 0 aliphatic heterocycles. The van der Waals surface area contributed by atoms with E-state index in [0.29, 0.717) is 5.75 Å². The van der Waals surface area contributed by atoms with Gasteiger partial charge >= 0.3 is 0 Å². The Morgan fingerprint density at radius 1 is 1.14 bits per heavy atom. The van der Waals surface area contributed by atoms with Crippen LogP contribution < -0.4 is 20.9 Å². The number of hydrazine groups is 1. The number of halogens is 1. The van der Waals surface area contributed by atoms with Crippen LogP contribution in [0.1, 0.15) is 21.5 Å². The molecule has 0 unspecified atom stereocenters. The minimum absolute atomic E-state index is 0.0188. The van der Waals surface area contributed by atoms with Gasteiger partial charge in [-0.05, 0) is 61.5 Å². The van der Waals surface area contributed by atoms with Gasteiger partial charge in [-0.2, -0.15) is 0 Å². The second-order valence-electron chi connectivity index (χ2n) is 5.99. The summed E-state index contributed by atoms with van der Waals surface area (Å²) < 4.78 is 5.40. The van der Waals surface area contributed by atoms with Crippen LogP contribution in [-0.2, 0) is 4.79 Å². The zero-order valence-electron chi connectivity index (χ0n) is 15.4. The molecule has 0 spiro atoms. The molecule has 0 aliphatic carbocycles. The molecule has 2 rings (SSSR count). The van der Waals surface area contributed by atoms with Crippen molar-refractivity contribution < 1.29 is 19.2 Å². The average Bonchev–Trinajstić information content (AvgIpc) is 2.64. The highest BCUT2D eigenvalue weighted by atomic mass is 35.5. The molecule has 3 N–H and O–H groups in total. The SMILES string of the molecule is Cc1cc(C)cc(OCC(=O)NNC(=S)NC(=O)c2ccc(Cl)c([N+](=O)[O-])c2)c1. The molecule has 0 fully saturated rings. The van der Waals surface area contributed by atoms with Crippen molar-refractivity contribution in [3.8, 4) is 5.75 Å². The lowest BCUT2D eigenvalue weighted by molar-refractivity contribution is -0.384. The Morgan fingerprint density at radius 3 is 2.41 bits per heavy atom. The first-order chi connectivity index (χ1) is 13.7. The van der Waals surface area contributed by atoms with Gasteiger partial charge in [0.25, 0.3) is 17.5 Å². The Kier molecular flexibility index (Phi) is 7.46. The largest absolute Gasteiger partial charge is 0.484 e. The summed E-state index contributed by atoms with van der Waals surface area (Å²) in [6.07, 6.45) is 0. The van der Waals surface area contributed by atoms with Crippen LogP contribution in [0, 0.1) is 24.0 Å². The van der Waals surface area contributed by atoms with E-state index in [4.69, 9.17) is 28.6 Å². The molecule has 0 saturated carbocycles. The van der Waals surface area contributed by atoms with Gasteiger partial charge in [-0.25, -0.2) is 0 Å². The lowest BCUT2D eigenvalue weighted by atomic mass is 10.1. The molecule has 0 bridgehead atoms. The molecular weight excluding hydrogens is 420 g/mol. The third-order valence-corrected chi connectivity index (χ3v) is 4.04. The second kappa shape index (κ2) is 9.80. The Balaban J connectivity index is 1.83. The predicted octanol–water partition coefficient (Wildman–Crippen LogP) is 2.58. The van der Waals surface area contributed by atoms with Crippen molar-refractivity contribution in [2.75, 3.05) is 6.61 Å². The molecule has 2 amide bonds. The molecule has 2 aromatic carbocycles. The van der Waals surface area contributed by atoms with Gasteiger partial charge in [-0.3, -0.25) is 35.9 Å². The number of hydrogen-bond donors (Lipinski definition) is 3. The summed E-state index contributed by atoms with van der Waals surface area (Å²) in [6.45, 7) is 3.56. The van der Waals surface area contributed by atoms with Crippen LogP contribution in [0.2, 0.25) is 5.02 Å². The standard InChI is InChI=1S/C18H17ClN4O5S/c1-10-5-11(2)7-13(6-10)28-9-16(24)21-22-18(29)20-17(25)12-3-4-14(19)15(8-12)23(26)27/h3-8H,9H2,1-2H3,(H,21,24)(H2,20,22,25,29). The maximum atomic E-state index is 12.1. The molecule has 0 radical (unpaired) electrons. The number of nitrogens with one attached hydrogen (secondary N) is 3. The fraction of sp³-hybridized carbons (Fsp3) is 0.167. The number of aryl methyl sites for hydroxylation is 2. The molecule has 0 heterocycles. The number of hydrogen-bond acceptors (Lipinski definition) is 6. The number of nitrogens with zero attached hydrogens (tertiary/aromatic N) is 1. The minimum atomic E-state index is -0.706. The second-order valence-corrected chi connectivity index (χ2v) is 6.81. The predicted molar refractivity (Wildman–Crippen MR) is 111 cm³/mol. The van der Waals surface area contributed by atoms with Gasteiger partial charge < -0.3 is 4.74 Å².